The molecular weight excluding hydrogens is 309 g/mol. The average Bonchev–Trinajstić information content (AvgIpc) is 2.61. The fourth-order valence-electron chi connectivity index (χ4n) is 2.65. The number of benzene rings is 1. The lowest BCUT2D eigenvalue weighted by Gasteiger charge is -2.33. The van der Waals surface area contributed by atoms with Crippen LogP contribution in [0.3, 0.4) is 0 Å². The van der Waals surface area contributed by atoms with E-state index in [1.807, 2.05) is 19.1 Å². The van der Waals surface area contributed by atoms with Gasteiger partial charge in [-0.15, -0.1) is 0 Å². The van der Waals surface area contributed by atoms with Crippen molar-refractivity contribution in [3.05, 3.63) is 65.2 Å². The van der Waals surface area contributed by atoms with Crippen molar-refractivity contribution in [2.75, 3.05) is 19.7 Å². The molecule has 1 aromatic heterocycles. The predicted octanol–water partition coefficient (Wildman–Crippen LogP) is 2.81. The average molecular weight is 329 g/mol. The van der Waals surface area contributed by atoms with Crippen LogP contribution in [0.1, 0.15) is 22.9 Å². The first kappa shape index (κ1) is 16.4. The molecular formula is C18H20FN3O2. The molecule has 6 heteroatoms. The SMILES string of the molecule is Cc1ccc(CNC(=O)N2CCO[C@H](c3ccccc3F)C2)cn1. The van der Waals surface area contributed by atoms with Crippen molar-refractivity contribution in [3.8, 4) is 0 Å². The Labute approximate surface area is 140 Å². The third-order valence-electron chi connectivity index (χ3n) is 4.02. The molecule has 1 aromatic carbocycles. The molecule has 126 valence electrons. The number of morpholine rings is 1. The first-order chi connectivity index (χ1) is 11.6. The topological polar surface area (TPSA) is 54.5 Å². The molecule has 5 nitrogen and oxygen atoms in total. The molecule has 1 aliphatic rings. The molecule has 0 spiro atoms. The summed E-state index contributed by atoms with van der Waals surface area (Å²) in [5.41, 5.74) is 2.36. The molecule has 0 bridgehead atoms. The Morgan fingerprint density at radius 3 is 2.96 bits per heavy atom. The van der Waals surface area contributed by atoms with Crippen molar-refractivity contribution in [3.63, 3.8) is 0 Å². The van der Waals surface area contributed by atoms with E-state index in [0.29, 0.717) is 31.8 Å². The van der Waals surface area contributed by atoms with E-state index < -0.39 is 6.10 Å². The standard InChI is InChI=1S/C18H20FN3O2/c1-13-6-7-14(10-20-13)11-21-18(23)22-8-9-24-17(12-22)15-4-2-3-5-16(15)19/h2-7,10,17H,8-9,11-12H2,1H3,(H,21,23)/t17-/m0/s1. The van der Waals surface area contributed by atoms with E-state index in [4.69, 9.17) is 4.74 Å². The summed E-state index contributed by atoms with van der Waals surface area (Å²) in [5, 5.41) is 2.87. The minimum atomic E-state index is -0.438. The van der Waals surface area contributed by atoms with Crippen LogP contribution in [0, 0.1) is 12.7 Å². The Morgan fingerprint density at radius 1 is 1.38 bits per heavy atom. The molecule has 0 saturated carbocycles. The second kappa shape index (κ2) is 7.40. The highest BCUT2D eigenvalue weighted by molar-refractivity contribution is 5.74. The first-order valence-electron chi connectivity index (χ1n) is 7.94. The number of rotatable bonds is 3. The molecule has 2 amide bonds. The molecule has 1 saturated heterocycles. The molecule has 0 aliphatic carbocycles. The maximum atomic E-state index is 13.9. The summed E-state index contributed by atoms with van der Waals surface area (Å²) in [7, 11) is 0. The number of pyridine rings is 1. The zero-order valence-corrected chi connectivity index (χ0v) is 13.5. The monoisotopic (exact) mass is 329 g/mol. The molecule has 0 unspecified atom stereocenters. The fourth-order valence-corrected chi connectivity index (χ4v) is 2.65. The number of aryl methyl sites for hydroxylation is 1. The van der Waals surface area contributed by atoms with E-state index in [2.05, 4.69) is 10.3 Å². The van der Waals surface area contributed by atoms with Crippen molar-refractivity contribution < 1.29 is 13.9 Å². The summed E-state index contributed by atoms with van der Waals surface area (Å²) in [6, 6.07) is 10.2. The number of carbonyl (C=O) groups is 1. The van der Waals surface area contributed by atoms with Gasteiger partial charge in [0.25, 0.3) is 0 Å². The Kier molecular flexibility index (Phi) is 5.05. The van der Waals surface area contributed by atoms with Gasteiger partial charge >= 0.3 is 6.03 Å². The molecule has 1 N–H and O–H groups in total. The van der Waals surface area contributed by atoms with Crippen LogP contribution >= 0.6 is 0 Å². The Bertz CT molecular complexity index is 706. The predicted molar refractivity (Wildman–Crippen MR) is 87.9 cm³/mol. The molecule has 2 heterocycles. The summed E-state index contributed by atoms with van der Waals surface area (Å²) >= 11 is 0. The maximum absolute atomic E-state index is 13.9. The fraction of sp³-hybridized carbons (Fsp3) is 0.333. The van der Waals surface area contributed by atoms with Gasteiger partial charge in [-0.2, -0.15) is 0 Å². The minimum Gasteiger partial charge on any atom is -0.370 e. The van der Waals surface area contributed by atoms with Crippen molar-refractivity contribution in [2.24, 2.45) is 0 Å². The molecule has 1 aliphatic heterocycles. The highest BCUT2D eigenvalue weighted by Crippen LogP contribution is 2.24. The van der Waals surface area contributed by atoms with Crippen LogP contribution in [-0.2, 0) is 11.3 Å². The lowest BCUT2D eigenvalue weighted by atomic mass is 10.1. The zero-order valence-electron chi connectivity index (χ0n) is 13.5. The summed E-state index contributed by atoms with van der Waals surface area (Å²) in [4.78, 5) is 18.2. The Hall–Kier alpha value is -2.47. The van der Waals surface area contributed by atoms with Gasteiger partial charge in [-0.3, -0.25) is 4.98 Å². The van der Waals surface area contributed by atoms with Gasteiger partial charge in [0.05, 0.1) is 13.2 Å². The zero-order chi connectivity index (χ0) is 16.9. The van der Waals surface area contributed by atoms with Crippen LogP contribution in [-0.4, -0.2) is 35.6 Å². The smallest absolute Gasteiger partial charge is 0.317 e. The van der Waals surface area contributed by atoms with E-state index in [0.717, 1.165) is 11.3 Å². The van der Waals surface area contributed by atoms with E-state index in [1.165, 1.54) is 6.07 Å². The summed E-state index contributed by atoms with van der Waals surface area (Å²) < 4.78 is 19.5. The van der Waals surface area contributed by atoms with Crippen LogP contribution < -0.4 is 5.32 Å². The van der Waals surface area contributed by atoms with Gasteiger partial charge in [-0.05, 0) is 24.6 Å². The number of amides is 2. The number of urea groups is 1. The number of nitrogens with zero attached hydrogens (tertiary/aromatic N) is 2. The lowest BCUT2D eigenvalue weighted by Crippen LogP contribution is -2.47. The van der Waals surface area contributed by atoms with E-state index in [1.54, 1.807) is 29.3 Å². The summed E-state index contributed by atoms with van der Waals surface area (Å²) in [6.07, 6.45) is 1.31. The quantitative estimate of drug-likeness (QED) is 0.942. The molecule has 3 rings (SSSR count). The van der Waals surface area contributed by atoms with E-state index in [-0.39, 0.29) is 11.8 Å². The normalized spacial score (nSPS) is 17.6. The highest BCUT2D eigenvalue weighted by atomic mass is 19.1. The van der Waals surface area contributed by atoms with Crippen LogP contribution in [0.4, 0.5) is 9.18 Å². The van der Waals surface area contributed by atoms with E-state index >= 15 is 0 Å². The first-order valence-corrected chi connectivity index (χ1v) is 7.94. The van der Waals surface area contributed by atoms with Gasteiger partial charge in [-0.25, -0.2) is 9.18 Å². The number of ether oxygens (including phenoxy) is 1. The van der Waals surface area contributed by atoms with Gasteiger partial charge in [-0.1, -0.05) is 24.3 Å². The Balaban J connectivity index is 1.59. The number of aromatic nitrogens is 1. The van der Waals surface area contributed by atoms with Crippen LogP contribution in [0.25, 0.3) is 0 Å². The molecule has 1 fully saturated rings. The number of halogens is 1. The van der Waals surface area contributed by atoms with Crippen LogP contribution in [0.2, 0.25) is 0 Å². The number of carbonyl (C=O) groups excluding carboxylic acids is 1. The van der Waals surface area contributed by atoms with Crippen LogP contribution in [0.15, 0.2) is 42.6 Å². The van der Waals surface area contributed by atoms with Gasteiger partial charge in [0, 0.05) is 30.5 Å². The highest BCUT2D eigenvalue weighted by Gasteiger charge is 2.26. The third-order valence-corrected chi connectivity index (χ3v) is 4.02. The van der Waals surface area contributed by atoms with Gasteiger partial charge in [0.1, 0.15) is 11.9 Å². The molecule has 1 atom stereocenters. The largest absolute Gasteiger partial charge is 0.370 e. The van der Waals surface area contributed by atoms with Crippen molar-refractivity contribution in [1.29, 1.82) is 0 Å². The van der Waals surface area contributed by atoms with Crippen molar-refractivity contribution in [2.45, 2.75) is 19.6 Å². The number of hydrogen-bond donors (Lipinski definition) is 1. The van der Waals surface area contributed by atoms with Gasteiger partial charge < -0.3 is 15.0 Å². The minimum absolute atomic E-state index is 0.180. The summed E-state index contributed by atoms with van der Waals surface area (Å²) in [6.45, 7) is 3.53. The van der Waals surface area contributed by atoms with Gasteiger partial charge in [0.2, 0.25) is 0 Å². The van der Waals surface area contributed by atoms with Crippen molar-refractivity contribution in [1.82, 2.24) is 15.2 Å². The molecule has 0 radical (unpaired) electrons. The number of nitrogens with one attached hydrogen (secondary N) is 1. The summed E-state index contributed by atoms with van der Waals surface area (Å²) in [5.74, 6) is -0.310. The third kappa shape index (κ3) is 3.89. The van der Waals surface area contributed by atoms with Crippen LogP contribution in [0.5, 0.6) is 0 Å². The number of hydrogen-bond acceptors (Lipinski definition) is 3. The molecule has 24 heavy (non-hydrogen) atoms. The molecule has 2 aromatic rings. The van der Waals surface area contributed by atoms with E-state index in [9.17, 15) is 9.18 Å². The second-order valence-corrected chi connectivity index (χ2v) is 5.79. The lowest BCUT2D eigenvalue weighted by molar-refractivity contribution is -0.0171. The van der Waals surface area contributed by atoms with Gasteiger partial charge in [0.15, 0.2) is 0 Å². The maximum Gasteiger partial charge on any atom is 0.317 e. The second-order valence-electron chi connectivity index (χ2n) is 5.79. The van der Waals surface area contributed by atoms with Crippen molar-refractivity contribution >= 4 is 6.03 Å². The Morgan fingerprint density at radius 2 is 2.21 bits per heavy atom.